The number of unbranched alkanes of at least 4 members (excludes halogenated alkanes) is 1. The summed E-state index contributed by atoms with van der Waals surface area (Å²) in [4.78, 5) is 11.7. The fourth-order valence-corrected chi connectivity index (χ4v) is 3.93. The highest BCUT2D eigenvalue weighted by molar-refractivity contribution is 5.74. The molecule has 0 aromatic heterocycles. The number of carbonyl (C=O) groups is 1. The Morgan fingerprint density at radius 1 is 1.52 bits per heavy atom. The summed E-state index contributed by atoms with van der Waals surface area (Å²) in [6, 6.07) is 0. The third kappa shape index (κ3) is 3.44. The summed E-state index contributed by atoms with van der Waals surface area (Å²) in [5.41, 5.74) is -0.527. The molecule has 3 atom stereocenters. The van der Waals surface area contributed by atoms with E-state index in [1.165, 1.54) is 12.8 Å². The van der Waals surface area contributed by atoms with Gasteiger partial charge in [-0.1, -0.05) is 40.5 Å². The molecule has 21 heavy (non-hydrogen) atoms. The predicted molar refractivity (Wildman–Crippen MR) is 84.0 cm³/mol. The second kappa shape index (κ2) is 6.02. The lowest BCUT2D eigenvalue weighted by molar-refractivity contribution is -0.148. The molecule has 0 aromatic rings. The lowest BCUT2D eigenvalue weighted by atomic mass is 9.82. The molecule has 3 heteroatoms. The summed E-state index contributed by atoms with van der Waals surface area (Å²) in [5.74, 6) is 0.811. The van der Waals surface area contributed by atoms with E-state index in [2.05, 4.69) is 27.7 Å². The van der Waals surface area contributed by atoms with Crippen molar-refractivity contribution in [1.29, 1.82) is 0 Å². The van der Waals surface area contributed by atoms with Crippen molar-refractivity contribution in [2.45, 2.75) is 78.2 Å². The molecule has 3 nitrogen and oxygen atoms in total. The van der Waals surface area contributed by atoms with E-state index in [1.807, 2.05) is 6.08 Å². The molecule has 2 fully saturated rings. The second-order valence-electron chi connectivity index (χ2n) is 7.87. The van der Waals surface area contributed by atoms with Crippen LogP contribution in [0.4, 0.5) is 0 Å². The van der Waals surface area contributed by atoms with E-state index < -0.39 is 5.60 Å². The lowest BCUT2D eigenvalue weighted by Crippen LogP contribution is -2.34. The number of rotatable bonds is 6. The Morgan fingerprint density at radius 3 is 2.90 bits per heavy atom. The molecule has 1 saturated heterocycles. The van der Waals surface area contributed by atoms with Gasteiger partial charge in [-0.15, -0.1) is 0 Å². The Balaban J connectivity index is 2.09. The van der Waals surface area contributed by atoms with E-state index in [0.717, 1.165) is 25.7 Å². The molecule has 1 saturated carbocycles. The largest absolute Gasteiger partial charge is 0.508 e. The number of aliphatic hydroxyl groups is 1. The first-order valence-corrected chi connectivity index (χ1v) is 8.40. The van der Waals surface area contributed by atoms with Gasteiger partial charge >= 0.3 is 5.97 Å². The minimum absolute atomic E-state index is 0.155. The zero-order valence-electron chi connectivity index (χ0n) is 13.9. The van der Waals surface area contributed by atoms with Gasteiger partial charge in [0.05, 0.1) is 6.42 Å². The van der Waals surface area contributed by atoms with Crippen molar-refractivity contribution in [1.82, 2.24) is 0 Å². The van der Waals surface area contributed by atoms with Crippen LogP contribution in [-0.4, -0.2) is 16.7 Å². The summed E-state index contributed by atoms with van der Waals surface area (Å²) in [7, 11) is 0. The Kier molecular flexibility index (Phi) is 4.69. The fraction of sp³-hybridized carbons (Fsp3) is 0.833. The fourth-order valence-electron chi connectivity index (χ4n) is 3.93. The number of esters is 1. The quantitative estimate of drug-likeness (QED) is 0.567. The highest BCUT2D eigenvalue weighted by Crippen LogP contribution is 2.52. The van der Waals surface area contributed by atoms with Crippen molar-refractivity contribution in [3.63, 3.8) is 0 Å². The maximum Gasteiger partial charge on any atom is 0.307 e. The van der Waals surface area contributed by atoms with Gasteiger partial charge in [0.15, 0.2) is 5.60 Å². The molecule has 0 unspecified atom stereocenters. The molecule has 0 aromatic carbocycles. The van der Waals surface area contributed by atoms with E-state index >= 15 is 0 Å². The van der Waals surface area contributed by atoms with E-state index in [4.69, 9.17) is 4.74 Å². The SMILES string of the molecule is CCCCC(C)(C)CC=C(O)[C@@]12C[C@@H](C)C[C@H]1CC(=O)O2. The Labute approximate surface area is 128 Å². The van der Waals surface area contributed by atoms with E-state index in [9.17, 15) is 9.90 Å². The molecule has 1 aliphatic heterocycles. The van der Waals surface area contributed by atoms with Crippen LogP contribution in [0.2, 0.25) is 0 Å². The molecule has 0 amide bonds. The average Bonchev–Trinajstić information content (AvgIpc) is 2.85. The van der Waals surface area contributed by atoms with Gasteiger partial charge in [0.1, 0.15) is 5.76 Å². The van der Waals surface area contributed by atoms with Crippen molar-refractivity contribution < 1.29 is 14.6 Å². The number of ether oxygens (including phenoxy) is 1. The van der Waals surface area contributed by atoms with Crippen LogP contribution in [0.15, 0.2) is 11.8 Å². The minimum Gasteiger partial charge on any atom is -0.508 e. The summed E-state index contributed by atoms with van der Waals surface area (Å²) >= 11 is 0. The van der Waals surface area contributed by atoms with Crippen LogP contribution in [0.5, 0.6) is 0 Å². The van der Waals surface area contributed by atoms with E-state index in [0.29, 0.717) is 18.1 Å². The molecule has 0 spiro atoms. The van der Waals surface area contributed by atoms with Crippen molar-refractivity contribution >= 4 is 5.97 Å². The Morgan fingerprint density at radius 2 is 2.24 bits per heavy atom. The Bertz CT molecular complexity index is 424. The third-order valence-electron chi connectivity index (χ3n) is 5.20. The maximum absolute atomic E-state index is 11.7. The van der Waals surface area contributed by atoms with E-state index in [1.54, 1.807) is 0 Å². The predicted octanol–water partition coefficient (Wildman–Crippen LogP) is 4.77. The summed E-state index contributed by atoms with van der Waals surface area (Å²) in [5, 5.41) is 10.6. The minimum atomic E-state index is -0.711. The van der Waals surface area contributed by atoms with Gasteiger partial charge in [0.2, 0.25) is 0 Å². The van der Waals surface area contributed by atoms with Crippen LogP contribution in [0.25, 0.3) is 0 Å². The van der Waals surface area contributed by atoms with Crippen LogP contribution in [0.1, 0.15) is 72.6 Å². The van der Waals surface area contributed by atoms with Gasteiger partial charge in [0, 0.05) is 5.92 Å². The Hall–Kier alpha value is -0.990. The first-order valence-electron chi connectivity index (χ1n) is 8.40. The first kappa shape index (κ1) is 16.4. The second-order valence-corrected chi connectivity index (χ2v) is 7.87. The van der Waals surface area contributed by atoms with Crippen molar-refractivity contribution in [3.05, 3.63) is 11.8 Å². The molecule has 0 bridgehead atoms. The smallest absolute Gasteiger partial charge is 0.307 e. The van der Waals surface area contributed by atoms with Crippen LogP contribution >= 0.6 is 0 Å². The molecule has 0 radical (unpaired) electrons. The van der Waals surface area contributed by atoms with Crippen LogP contribution < -0.4 is 0 Å². The zero-order chi connectivity index (χ0) is 15.7. The molecule has 2 rings (SSSR count). The summed E-state index contributed by atoms with van der Waals surface area (Å²) in [6.45, 7) is 8.84. The van der Waals surface area contributed by atoms with Crippen molar-refractivity contribution in [3.8, 4) is 0 Å². The summed E-state index contributed by atoms with van der Waals surface area (Å²) in [6.07, 6.45) is 8.51. The monoisotopic (exact) mass is 294 g/mol. The van der Waals surface area contributed by atoms with Gasteiger partial charge < -0.3 is 9.84 Å². The van der Waals surface area contributed by atoms with Crippen LogP contribution in [0.3, 0.4) is 0 Å². The molecular weight excluding hydrogens is 264 g/mol. The highest BCUT2D eigenvalue weighted by atomic mass is 16.6. The molecular formula is C18H30O3. The number of fused-ring (bicyclic) bond motifs is 1. The highest BCUT2D eigenvalue weighted by Gasteiger charge is 2.57. The number of hydrogen-bond donors (Lipinski definition) is 1. The van der Waals surface area contributed by atoms with Crippen LogP contribution in [0, 0.1) is 17.3 Å². The average molecular weight is 294 g/mol. The normalized spacial score (nSPS) is 33.1. The third-order valence-corrected chi connectivity index (χ3v) is 5.20. The number of allylic oxidation sites excluding steroid dienone is 1. The van der Waals surface area contributed by atoms with Gasteiger partial charge in [-0.25, -0.2) is 0 Å². The number of aliphatic hydroxyl groups excluding tert-OH is 1. The van der Waals surface area contributed by atoms with Gasteiger partial charge in [0.25, 0.3) is 0 Å². The van der Waals surface area contributed by atoms with Crippen molar-refractivity contribution in [2.24, 2.45) is 17.3 Å². The summed E-state index contributed by atoms with van der Waals surface area (Å²) < 4.78 is 5.59. The number of hydrogen-bond acceptors (Lipinski definition) is 3. The van der Waals surface area contributed by atoms with Crippen LogP contribution in [-0.2, 0) is 9.53 Å². The van der Waals surface area contributed by atoms with E-state index in [-0.39, 0.29) is 17.3 Å². The first-order chi connectivity index (χ1) is 9.79. The maximum atomic E-state index is 11.7. The van der Waals surface area contributed by atoms with Crippen molar-refractivity contribution in [2.75, 3.05) is 0 Å². The molecule has 1 heterocycles. The number of carbonyl (C=O) groups excluding carboxylic acids is 1. The zero-order valence-corrected chi connectivity index (χ0v) is 13.9. The van der Waals surface area contributed by atoms with Gasteiger partial charge in [-0.2, -0.15) is 0 Å². The van der Waals surface area contributed by atoms with Gasteiger partial charge in [-0.05, 0) is 43.1 Å². The standard InChI is InChI=1S/C18H30O3/c1-5-6-8-17(3,4)9-7-15(19)18-12-13(2)10-14(18)11-16(20)21-18/h7,13-14,19H,5-6,8-12H2,1-4H3/t13-,14-,18+/m0/s1. The van der Waals surface area contributed by atoms with Gasteiger partial charge in [-0.3, -0.25) is 4.79 Å². The molecule has 1 aliphatic carbocycles. The molecule has 1 N–H and O–H groups in total. The molecule has 120 valence electrons. The molecule has 2 aliphatic rings. The topological polar surface area (TPSA) is 46.5 Å². The lowest BCUT2D eigenvalue weighted by Gasteiger charge is -2.29.